The summed E-state index contributed by atoms with van der Waals surface area (Å²) < 4.78 is 15.9. The van der Waals surface area contributed by atoms with Gasteiger partial charge < -0.3 is 0 Å². The number of carbonyl (C=O) groups excluding carboxylic acids is 1. The van der Waals surface area contributed by atoms with Crippen molar-refractivity contribution < 1.29 is 9.18 Å². The van der Waals surface area contributed by atoms with Crippen molar-refractivity contribution in [2.24, 2.45) is 0 Å². The number of rotatable bonds is 4. The minimum Gasteiger partial charge on any atom is -0.297 e. The van der Waals surface area contributed by atoms with Gasteiger partial charge in [0.1, 0.15) is 5.82 Å². The summed E-state index contributed by atoms with van der Waals surface area (Å²) in [6, 6.07) is 6.32. The zero-order valence-corrected chi connectivity index (χ0v) is 11.1. The van der Waals surface area contributed by atoms with Gasteiger partial charge in [0.25, 0.3) is 0 Å². The first-order valence-corrected chi connectivity index (χ1v) is 6.16. The van der Waals surface area contributed by atoms with Gasteiger partial charge >= 0.3 is 0 Å². The second kappa shape index (κ2) is 5.39. The normalized spacial score (nSPS) is 10.5. The number of aromatic nitrogens is 2. The van der Waals surface area contributed by atoms with Crippen LogP contribution in [0.15, 0.2) is 36.7 Å². The molecule has 0 atom stereocenters. The van der Waals surface area contributed by atoms with Gasteiger partial charge in [0, 0.05) is 12.6 Å². The van der Waals surface area contributed by atoms with Crippen LogP contribution in [0.3, 0.4) is 0 Å². The van der Waals surface area contributed by atoms with Crippen molar-refractivity contribution in [3.63, 3.8) is 0 Å². The number of hydrogen-bond donors (Lipinski definition) is 0. The molecule has 2 rings (SSSR count). The van der Waals surface area contributed by atoms with Crippen molar-refractivity contribution in [3.8, 4) is 0 Å². The Morgan fingerprint density at radius 2 is 2.18 bits per heavy atom. The molecule has 0 radical (unpaired) electrons. The van der Waals surface area contributed by atoms with E-state index in [1.807, 2.05) is 0 Å². The van der Waals surface area contributed by atoms with Gasteiger partial charge in [0.2, 0.25) is 0 Å². The number of ketones is 1. The number of Topliss-reactive ketones (excluding diaryl/α,β-unsaturated/α-hetero) is 1. The highest BCUT2D eigenvalue weighted by atomic mass is 127. The quantitative estimate of drug-likeness (QED) is 0.799. The van der Waals surface area contributed by atoms with E-state index >= 15 is 0 Å². The molecular formula is C12H10FIN2O. The summed E-state index contributed by atoms with van der Waals surface area (Å²) in [5, 5.41) is 4.01. The van der Waals surface area contributed by atoms with Gasteiger partial charge in [-0.1, -0.05) is 18.2 Å². The molecule has 0 N–H and O–H groups in total. The molecule has 0 bridgehead atoms. The van der Waals surface area contributed by atoms with Crippen molar-refractivity contribution >= 4 is 28.4 Å². The fourth-order valence-corrected chi connectivity index (χ4v) is 1.96. The van der Waals surface area contributed by atoms with Crippen LogP contribution < -0.4 is 0 Å². The standard InChI is InChI=1S/C12H10FIN2O/c13-12-4-2-1-3-9(12)5-11(17)8-16-7-10(14)6-15-16/h1-4,6-7H,5,8H2. The maximum absolute atomic E-state index is 13.3. The molecule has 88 valence electrons. The Labute approximate surface area is 112 Å². The van der Waals surface area contributed by atoms with Gasteiger partial charge in [-0.3, -0.25) is 9.48 Å². The summed E-state index contributed by atoms with van der Waals surface area (Å²) in [5.74, 6) is -0.398. The lowest BCUT2D eigenvalue weighted by Gasteiger charge is -2.02. The lowest BCUT2D eigenvalue weighted by Crippen LogP contribution is -2.13. The molecule has 1 heterocycles. The molecule has 0 unspecified atom stereocenters. The third-order valence-corrected chi connectivity index (χ3v) is 2.84. The van der Waals surface area contributed by atoms with Crippen LogP contribution in [-0.4, -0.2) is 15.6 Å². The van der Waals surface area contributed by atoms with E-state index in [4.69, 9.17) is 0 Å². The fourth-order valence-electron chi connectivity index (χ4n) is 1.52. The Hall–Kier alpha value is -1.24. The minimum atomic E-state index is -0.337. The van der Waals surface area contributed by atoms with Gasteiger partial charge in [-0.05, 0) is 34.2 Å². The monoisotopic (exact) mass is 344 g/mol. The maximum Gasteiger partial charge on any atom is 0.158 e. The van der Waals surface area contributed by atoms with Crippen LogP contribution in [0.1, 0.15) is 5.56 Å². The molecule has 0 spiro atoms. The van der Waals surface area contributed by atoms with E-state index in [0.717, 1.165) is 3.57 Å². The average molecular weight is 344 g/mol. The highest BCUT2D eigenvalue weighted by Gasteiger charge is 2.08. The lowest BCUT2D eigenvalue weighted by atomic mass is 10.1. The van der Waals surface area contributed by atoms with Gasteiger partial charge in [-0.15, -0.1) is 0 Å². The summed E-state index contributed by atoms with van der Waals surface area (Å²) >= 11 is 2.12. The molecule has 3 nitrogen and oxygen atoms in total. The van der Waals surface area contributed by atoms with Gasteiger partial charge in [-0.25, -0.2) is 4.39 Å². The smallest absolute Gasteiger partial charge is 0.158 e. The SMILES string of the molecule is O=C(Cc1ccccc1F)Cn1cc(I)cn1. The molecule has 0 aliphatic heterocycles. The Bertz CT molecular complexity index is 539. The molecule has 5 heteroatoms. The van der Waals surface area contributed by atoms with Crippen LogP contribution in [0.25, 0.3) is 0 Å². The molecule has 1 aromatic carbocycles. The predicted octanol–water partition coefficient (Wildman–Crippen LogP) is 2.44. The van der Waals surface area contributed by atoms with Gasteiger partial charge in [0.15, 0.2) is 5.78 Å². The first kappa shape index (κ1) is 12.2. The van der Waals surface area contributed by atoms with Crippen LogP contribution in [-0.2, 0) is 17.8 Å². The van der Waals surface area contributed by atoms with Crippen molar-refractivity contribution in [2.75, 3.05) is 0 Å². The van der Waals surface area contributed by atoms with E-state index < -0.39 is 0 Å². The Kier molecular flexibility index (Phi) is 3.88. The molecule has 0 aliphatic rings. The van der Waals surface area contributed by atoms with Crippen molar-refractivity contribution in [1.29, 1.82) is 0 Å². The largest absolute Gasteiger partial charge is 0.297 e. The fraction of sp³-hybridized carbons (Fsp3) is 0.167. The van der Waals surface area contributed by atoms with Crippen LogP contribution in [0.2, 0.25) is 0 Å². The van der Waals surface area contributed by atoms with E-state index in [2.05, 4.69) is 27.7 Å². The summed E-state index contributed by atoms with van der Waals surface area (Å²) in [6.45, 7) is 0.178. The molecular weight excluding hydrogens is 334 g/mol. The lowest BCUT2D eigenvalue weighted by molar-refractivity contribution is -0.119. The average Bonchev–Trinajstić information content (AvgIpc) is 2.67. The Morgan fingerprint density at radius 1 is 1.41 bits per heavy atom. The molecule has 0 amide bonds. The maximum atomic E-state index is 13.3. The van der Waals surface area contributed by atoms with Gasteiger partial charge in [-0.2, -0.15) is 5.10 Å². The van der Waals surface area contributed by atoms with Crippen LogP contribution >= 0.6 is 22.6 Å². The van der Waals surface area contributed by atoms with E-state index in [-0.39, 0.29) is 24.6 Å². The zero-order chi connectivity index (χ0) is 12.3. The van der Waals surface area contributed by atoms with Crippen LogP contribution in [0.5, 0.6) is 0 Å². The molecule has 2 aromatic rings. The zero-order valence-electron chi connectivity index (χ0n) is 8.94. The van der Waals surface area contributed by atoms with Crippen LogP contribution in [0.4, 0.5) is 4.39 Å². The third kappa shape index (κ3) is 3.36. The highest BCUT2D eigenvalue weighted by molar-refractivity contribution is 14.1. The first-order valence-electron chi connectivity index (χ1n) is 5.08. The Balaban J connectivity index is 2.01. The van der Waals surface area contributed by atoms with Crippen molar-refractivity contribution in [1.82, 2.24) is 9.78 Å². The van der Waals surface area contributed by atoms with Crippen LogP contribution in [0, 0.1) is 9.39 Å². The summed E-state index contributed by atoms with van der Waals surface area (Å²) in [4.78, 5) is 11.7. The number of carbonyl (C=O) groups is 1. The van der Waals surface area contributed by atoms with Gasteiger partial charge in [0.05, 0.1) is 16.3 Å². The predicted molar refractivity (Wildman–Crippen MR) is 70.1 cm³/mol. The molecule has 0 saturated carbocycles. The number of nitrogens with zero attached hydrogens (tertiary/aromatic N) is 2. The number of halogens is 2. The number of hydrogen-bond acceptors (Lipinski definition) is 2. The molecule has 1 aromatic heterocycles. The van der Waals surface area contributed by atoms with E-state index in [1.165, 1.54) is 6.07 Å². The van der Waals surface area contributed by atoms with Crippen molar-refractivity contribution in [3.05, 3.63) is 51.6 Å². The Morgan fingerprint density at radius 3 is 2.82 bits per heavy atom. The second-order valence-corrected chi connectivity index (χ2v) is 4.91. The van der Waals surface area contributed by atoms with E-state index in [1.54, 1.807) is 35.3 Å². The third-order valence-electron chi connectivity index (χ3n) is 2.29. The second-order valence-electron chi connectivity index (χ2n) is 3.66. The van der Waals surface area contributed by atoms with Crippen molar-refractivity contribution in [2.45, 2.75) is 13.0 Å². The molecule has 0 saturated heterocycles. The molecule has 0 aliphatic carbocycles. The van der Waals surface area contributed by atoms with E-state index in [9.17, 15) is 9.18 Å². The highest BCUT2D eigenvalue weighted by Crippen LogP contribution is 2.08. The topological polar surface area (TPSA) is 34.9 Å². The molecule has 0 fully saturated rings. The summed E-state index contributed by atoms with van der Waals surface area (Å²) in [5.41, 5.74) is 0.430. The minimum absolute atomic E-state index is 0.0606. The first-order chi connectivity index (χ1) is 8.15. The summed E-state index contributed by atoms with van der Waals surface area (Å²) in [7, 11) is 0. The molecule has 17 heavy (non-hydrogen) atoms. The number of benzene rings is 1. The van der Waals surface area contributed by atoms with E-state index in [0.29, 0.717) is 5.56 Å². The summed E-state index contributed by atoms with van der Waals surface area (Å²) in [6.07, 6.45) is 3.56.